The average Bonchev–Trinajstić information content (AvgIpc) is 2.98. The van der Waals surface area contributed by atoms with E-state index in [-0.39, 0.29) is 18.9 Å². The van der Waals surface area contributed by atoms with E-state index >= 15 is 0 Å². The fourth-order valence-electron chi connectivity index (χ4n) is 2.25. The lowest BCUT2D eigenvalue weighted by Crippen LogP contribution is -2.52. The normalized spacial score (nSPS) is 18.2. The van der Waals surface area contributed by atoms with Crippen LogP contribution in [0.25, 0.3) is 0 Å². The Balaban J connectivity index is 1.81. The van der Waals surface area contributed by atoms with Crippen LogP contribution in [0.1, 0.15) is 36.4 Å². The molecule has 0 spiro atoms. The molecule has 0 radical (unpaired) electrons. The van der Waals surface area contributed by atoms with Crippen LogP contribution >= 0.6 is 11.3 Å². The first kappa shape index (κ1) is 15.2. The second kappa shape index (κ2) is 5.69. The zero-order valence-electron chi connectivity index (χ0n) is 10.8. The summed E-state index contributed by atoms with van der Waals surface area (Å²) in [7, 11) is 0. The summed E-state index contributed by atoms with van der Waals surface area (Å²) >= 11 is 0.946. The number of nitrogens with two attached hydrogens (primary N) is 1. The second-order valence-corrected chi connectivity index (χ2v) is 5.94. The van der Waals surface area contributed by atoms with Crippen LogP contribution in [0.4, 0.5) is 13.2 Å². The third-order valence-electron chi connectivity index (χ3n) is 3.41. The van der Waals surface area contributed by atoms with Gasteiger partial charge >= 0.3 is 6.18 Å². The lowest BCUT2D eigenvalue weighted by atomic mass is 9.98. The molecule has 1 aliphatic rings. The van der Waals surface area contributed by atoms with Gasteiger partial charge in [-0.2, -0.15) is 13.2 Å². The molecule has 1 amide bonds. The molecule has 1 aromatic heterocycles. The maximum atomic E-state index is 12.4. The van der Waals surface area contributed by atoms with Crippen molar-refractivity contribution in [2.45, 2.75) is 43.8 Å². The molecule has 112 valence electrons. The van der Waals surface area contributed by atoms with E-state index in [1.807, 2.05) is 0 Å². The monoisotopic (exact) mass is 307 g/mol. The lowest BCUT2D eigenvalue weighted by molar-refractivity contribution is -0.140. The van der Waals surface area contributed by atoms with E-state index in [2.05, 4.69) is 10.3 Å². The molecule has 1 heterocycles. The van der Waals surface area contributed by atoms with E-state index in [1.165, 1.54) is 0 Å². The van der Waals surface area contributed by atoms with Gasteiger partial charge in [0.05, 0.1) is 10.5 Å². The first-order valence-corrected chi connectivity index (χ1v) is 7.28. The van der Waals surface area contributed by atoms with E-state index in [0.717, 1.165) is 29.6 Å². The number of carbonyl (C=O) groups excluding carboxylic acids is 1. The SMILES string of the molecule is NC1(C(=O)NCCc2nc(C(F)(F)F)cs2)CCCC1. The average molecular weight is 307 g/mol. The highest BCUT2D eigenvalue weighted by Crippen LogP contribution is 2.30. The summed E-state index contributed by atoms with van der Waals surface area (Å²) in [4.78, 5) is 15.4. The topological polar surface area (TPSA) is 68.0 Å². The Morgan fingerprint density at radius 3 is 2.65 bits per heavy atom. The summed E-state index contributed by atoms with van der Waals surface area (Å²) in [6.07, 6.45) is -0.939. The van der Waals surface area contributed by atoms with Gasteiger partial charge in [-0.05, 0) is 12.8 Å². The largest absolute Gasteiger partial charge is 0.434 e. The molecule has 1 aromatic rings. The summed E-state index contributed by atoms with van der Waals surface area (Å²) in [5.41, 5.74) is 4.28. The van der Waals surface area contributed by atoms with Gasteiger partial charge in [0.25, 0.3) is 0 Å². The fourth-order valence-corrected chi connectivity index (χ4v) is 3.05. The molecule has 0 saturated heterocycles. The second-order valence-electron chi connectivity index (χ2n) is 4.99. The van der Waals surface area contributed by atoms with Gasteiger partial charge in [0.2, 0.25) is 5.91 Å². The van der Waals surface area contributed by atoms with Crippen molar-refractivity contribution in [3.05, 3.63) is 16.1 Å². The van der Waals surface area contributed by atoms with Crippen molar-refractivity contribution in [3.8, 4) is 0 Å². The minimum atomic E-state index is -4.41. The number of hydrogen-bond donors (Lipinski definition) is 2. The number of nitrogens with zero attached hydrogens (tertiary/aromatic N) is 1. The fraction of sp³-hybridized carbons (Fsp3) is 0.667. The molecule has 1 fully saturated rings. The van der Waals surface area contributed by atoms with Crippen LogP contribution in [0, 0.1) is 0 Å². The van der Waals surface area contributed by atoms with Crippen LogP contribution in [0.3, 0.4) is 0 Å². The van der Waals surface area contributed by atoms with Crippen molar-refractivity contribution >= 4 is 17.2 Å². The van der Waals surface area contributed by atoms with Crippen molar-refractivity contribution in [1.82, 2.24) is 10.3 Å². The Bertz CT molecular complexity index is 481. The minimum Gasteiger partial charge on any atom is -0.354 e. The standard InChI is InChI=1S/C12H16F3N3OS/c13-12(14,15)8-7-20-9(18-8)3-6-17-10(19)11(16)4-1-2-5-11/h7H,1-6,16H2,(H,17,19). The van der Waals surface area contributed by atoms with Gasteiger partial charge < -0.3 is 11.1 Å². The Labute approximate surface area is 118 Å². The van der Waals surface area contributed by atoms with Gasteiger partial charge in [-0.15, -0.1) is 11.3 Å². The molecule has 1 saturated carbocycles. The molecule has 0 aromatic carbocycles. The van der Waals surface area contributed by atoms with Gasteiger partial charge in [-0.25, -0.2) is 4.98 Å². The number of amides is 1. The van der Waals surface area contributed by atoms with E-state index < -0.39 is 17.4 Å². The smallest absolute Gasteiger partial charge is 0.354 e. The number of hydrogen-bond acceptors (Lipinski definition) is 4. The Morgan fingerprint density at radius 2 is 2.10 bits per heavy atom. The maximum absolute atomic E-state index is 12.4. The number of halogens is 3. The molecule has 1 aliphatic carbocycles. The molecule has 20 heavy (non-hydrogen) atoms. The molecular weight excluding hydrogens is 291 g/mol. The highest BCUT2D eigenvalue weighted by atomic mass is 32.1. The summed E-state index contributed by atoms with van der Waals surface area (Å²) < 4.78 is 37.1. The summed E-state index contributed by atoms with van der Waals surface area (Å²) in [6, 6.07) is 0. The van der Waals surface area contributed by atoms with Crippen LogP contribution < -0.4 is 11.1 Å². The molecule has 0 bridgehead atoms. The number of carbonyl (C=O) groups is 1. The number of rotatable bonds is 4. The Kier molecular flexibility index (Phi) is 4.33. The van der Waals surface area contributed by atoms with Crippen molar-refractivity contribution in [2.24, 2.45) is 5.73 Å². The number of alkyl halides is 3. The molecule has 3 N–H and O–H groups in total. The highest BCUT2D eigenvalue weighted by Gasteiger charge is 2.37. The van der Waals surface area contributed by atoms with Gasteiger partial charge in [0, 0.05) is 18.3 Å². The van der Waals surface area contributed by atoms with E-state index in [0.29, 0.717) is 17.8 Å². The molecular formula is C12H16F3N3OS. The lowest BCUT2D eigenvalue weighted by Gasteiger charge is -2.21. The predicted molar refractivity (Wildman–Crippen MR) is 69.2 cm³/mol. The van der Waals surface area contributed by atoms with Crippen molar-refractivity contribution in [3.63, 3.8) is 0 Å². The highest BCUT2D eigenvalue weighted by molar-refractivity contribution is 7.09. The van der Waals surface area contributed by atoms with Crippen molar-refractivity contribution < 1.29 is 18.0 Å². The van der Waals surface area contributed by atoms with Crippen LogP contribution in [0.2, 0.25) is 0 Å². The van der Waals surface area contributed by atoms with E-state index in [1.54, 1.807) is 0 Å². The van der Waals surface area contributed by atoms with Gasteiger partial charge in [-0.3, -0.25) is 4.79 Å². The first-order chi connectivity index (χ1) is 9.31. The first-order valence-electron chi connectivity index (χ1n) is 6.40. The van der Waals surface area contributed by atoms with E-state index in [4.69, 9.17) is 5.73 Å². The number of nitrogens with one attached hydrogen (secondary N) is 1. The molecule has 4 nitrogen and oxygen atoms in total. The number of thiazole rings is 1. The predicted octanol–water partition coefficient (Wildman–Crippen LogP) is 2.09. The third-order valence-corrected chi connectivity index (χ3v) is 4.32. The molecule has 0 atom stereocenters. The van der Waals surface area contributed by atoms with Gasteiger partial charge in [0.15, 0.2) is 5.69 Å². The summed E-state index contributed by atoms with van der Waals surface area (Å²) in [5, 5.41) is 4.02. The van der Waals surface area contributed by atoms with Crippen LogP contribution in [-0.2, 0) is 17.4 Å². The quantitative estimate of drug-likeness (QED) is 0.895. The van der Waals surface area contributed by atoms with Gasteiger partial charge in [0.1, 0.15) is 0 Å². The molecule has 0 aliphatic heterocycles. The summed E-state index contributed by atoms with van der Waals surface area (Å²) in [5.74, 6) is -0.220. The van der Waals surface area contributed by atoms with E-state index in [9.17, 15) is 18.0 Å². The van der Waals surface area contributed by atoms with Crippen molar-refractivity contribution in [2.75, 3.05) is 6.54 Å². The summed E-state index contributed by atoms with van der Waals surface area (Å²) in [6.45, 7) is 0.253. The zero-order valence-corrected chi connectivity index (χ0v) is 11.6. The van der Waals surface area contributed by atoms with Crippen LogP contribution in [0.5, 0.6) is 0 Å². The minimum absolute atomic E-state index is 0.220. The molecule has 8 heteroatoms. The zero-order chi connectivity index (χ0) is 14.8. The van der Waals surface area contributed by atoms with Gasteiger partial charge in [-0.1, -0.05) is 12.8 Å². The third kappa shape index (κ3) is 3.49. The molecule has 2 rings (SSSR count). The van der Waals surface area contributed by atoms with Crippen LogP contribution in [-0.4, -0.2) is 23.0 Å². The van der Waals surface area contributed by atoms with Crippen LogP contribution in [0.15, 0.2) is 5.38 Å². The number of aromatic nitrogens is 1. The Morgan fingerprint density at radius 1 is 1.45 bits per heavy atom. The Hall–Kier alpha value is -1.15. The molecule has 0 unspecified atom stereocenters. The maximum Gasteiger partial charge on any atom is 0.434 e. The van der Waals surface area contributed by atoms with Crippen molar-refractivity contribution in [1.29, 1.82) is 0 Å².